The molecule has 1 aliphatic rings. The zero-order valence-corrected chi connectivity index (χ0v) is 11.2. The monoisotopic (exact) mass is 283 g/mol. The molecule has 0 aliphatic carbocycles. The number of Topliss-reactive ketones (excluding diaryl/α,β-unsaturated/α-hetero) is 1. The molecule has 1 aliphatic heterocycles. The molecule has 1 N–H and O–H groups in total. The summed E-state index contributed by atoms with van der Waals surface area (Å²) in [6.45, 7) is 0.257. The van der Waals surface area contributed by atoms with Gasteiger partial charge in [0.15, 0.2) is 6.61 Å². The number of amides is 1. The Morgan fingerprint density at radius 3 is 2.67 bits per heavy atom. The van der Waals surface area contributed by atoms with Gasteiger partial charge in [-0.3, -0.25) is 9.69 Å². The summed E-state index contributed by atoms with van der Waals surface area (Å²) < 4.78 is 5.26. The Morgan fingerprint density at radius 2 is 1.95 bits per heavy atom. The van der Waals surface area contributed by atoms with Gasteiger partial charge in [-0.15, -0.1) is 0 Å². The molecular formula is C16H13NO4. The number of hydrogen-bond donors (Lipinski definition) is 1. The van der Waals surface area contributed by atoms with Crippen molar-refractivity contribution >= 4 is 17.6 Å². The lowest BCUT2D eigenvalue weighted by molar-refractivity contribution is 0.0961. The lowest BCUT2D eigenvalue weighted by Crippen LogP contribution is -2.28. The molecule has 1 amide bonds. The molecule has 0 bridgehead atoms. The molecule has 1 heterocycles. The van der Waals surface area contributed by atoms with E-state index in [0.717, 1.165) is 5.56 Å². The highest BCUT2D eigenvalue weighted by Gasteiger charge is 2.23. The topological polar surface area (TPSA) is 66.8 Å². The van der Waals surface area contributed by atoms with Crippen LogP contribution in [0.2, 0.25) is 0 Å². The number of carbonyl (C=O) groups is 2. The van der Waals surface area contributed by atoms with E-state index in [1.807, 2.05) is 30.3 Å². The number of rotatable bonds is 3. The quantitative estimate of drug-likeness (QED) is 0.940. The SMILES string of the molecule is O=C1COc2cc(N(Cc3ccccc3)C(=O)O)ccc21. The first kappa shape index (κ1) is 13.2. The van der Waals surface area contributed by atoms with Crippen molar-refractivity contribution in [3.63, 3.8) is 0 Å². The van der Waals surface area contributed by atoms with Gasteiger partial charge in [-0.1, -0.05) is 30.3 Å². The first-order chi connectivity index (χ1) is 10.1. The fourth-order valence-corrected chi connectivity index (χ4v) is 2.29. The molecule has 0 saturated carbocycles. The largest absolute Gasteiger partial charge is 0.485 e. The molecule has 0 saturated heterocycles. The highest BCUT2D eigenvalue weighted by Crippen LogP contribution is 2.30. The summed E-state index contributed by atoms with van der Waals surface area (Å²) >= 11 is 0. The van der Waals surface area contributed by atoms with Crippen molar-refractivity contribution in [3.05, 3.63) is 59.7 Å². The van der Waals surface area contributed by atoms with Crippen LogP contribution in [0.4, 0.5) is 10.5 Å². The Bertz CT molecular complexity index is 697. The van der Waals surface area contributed by atoms with Crippen molar-refractivity contribution in [1.82, 2.24) is 0 Å². The maximum absolute atomic E-state index is 11.5. The van der Waals surface area contributed by atoms with Crippen molar-refractivity contribution in [2.75, 3.05) is 11.5 Å². The van der Waals surface area contributed by atoms with Crippen molar-refractivity contribution in [1.29, 1.82) is 0 Å². The minimum atomic E-state index is -1.05. The molecule has 0 atom stereocenters. The van der Waals surface area contributed by atoms with Gasteiger partial charge in [-0.25, -0.2) is 4.79 Å². The van der Waals surface area contributed by atoms with Crippen molar-refractivity contribution in [2.24, 2.45) is 0 Å². The number of benzene rings is 2. The van der Waals surface area contributed by atoms with Crippen LogP contribution in [-0.2, 0) is 6.54 Å². The molecule has 5 nitrogen and oxygen atoms in total. The molecule has 5 heteroatoms. The average Bonchev–Trinajstić information content (AvgIpc) is 2.86. The van der Waals surface area contributed by atoms with E-state index in [0.29, 0.717) is 17.0 Å². The number of carbonyl (C=O) groups excluding carboxylic acids is 1. The molecule has 0 unspecified atom stereocenters. The third-order valence-electron chi connectivity index (χ3n) is 3.35. The molecule has 3 rings (SSSR count). The zero-order valence-electron chi connectivity index (χ0n) is 11.2. The van der Waals surface area contributed by atoms with E-state index in [2.05, 4.69) is 0 Å². The third kappa shape index (κ3) is 2.58. The minimum Gasteiger partial charge on any atom is -0.485 e. The summed E-state index contributed by atoms with van der Waals surface area (Å²) in [5.41, 5.74) is 1.88. The molecule has 21 heavy (non-hydrogen) atoms. The Morgan fingerprint density at radius 1 is 1.19 bits per heavy atom. The van der Waals surface area contributed by atoms with Crippen LogP contribution in [0.5, 0.6) is 5.75 Å². The first-order valence-electron chi connectivity index (χ1n) is 6.49. The maximum atomic E-state index is 11.5. The van der Waals surface area contributed by atoms with Crippen LogP contribution in [0.3, 0.4) is 0 Å². The molecule has 2 aromatic rings. The molecule has 0 spiro atoms. The molecule has 0 fully saturated rings. The molecule has 0 aromatic heterocycles. The van der Waals surface area contributed by atoms with Gasteiger partial charge < -0.3 is 9.84 Å². The molecule has 106 valence electrons. The number of ketones is 1. The van der Waals surface area contributed by atoms with Gasteiger partial charge in [-0.05, 0) is 17.7 Å². The van der Waals surface area contributed by atoms with Gasteiger partial charge in [0.25, 0.3) is 0 Å². The first-order valence-corrected chi connectivity index (χ1v) is 6.49. The second-order valence-electron chi connectivity index (χ2n) is 4.75. The highest BCUT2D eigenvalue weighted by atomic mass is 16.5. The van der Waals surface area contributed by atoms with Gasteiger partial charge in [0, 0.05) is 6.07 Å². The van der Waals surface area contributed by atoms with E-state index in [1.54, 1.807) is 18.2 Å². The summed E-state index contributed by atoms with van der Waals surface area (Å²) in [5, 5.41) is 9.41. The van der Waals surface area contributed by atoms with Crippen molar-refractivity contribution in [3.8, 4) is 5.75 Å². The van der Waals surface area contributed by atoms with Gasteiger partial charge in [0.2, 0.25) is 5.78 Å². The van der Waals surface area contributed by atoms with Crippen LogP contribution in [-0.4, -0.2) is 23.6 Å². The lowest BCUT2D eigenvalue weighted by Gasteiger charge is -2.20. The van der Waals surface area contributed by atoms with Gasteiger partial charge in [-0.2, -0.15) is 0 Å². The van der Waals surface area contributed by atoms with Crippen LogP contribution in [0.15, 0.2) is 48.5 Å². The predicted octanol–water partition coefficient (Wildman–Crippen LogP) is 2.95. The van der Waals surface area contributed by atoms with Crippen molar-refractivity contribution < 1.29 is 19.4 Å². The average molecular weight is 283 g/mol. The zero-order chi connectivity index (χ0) is 14.8. The van der Waals surface area contributed by atoms with Gasteiger partial charge in [0.05, 0.1) is 17.8 Å². The maximum Gasteiger partial charge on any atom is 0.412 e. The Hall–Kier alpha value is -2.82. The fourth-order valence-electron chi connectivity index (χ4n) is 2.29. The number of ether oxygens (including phenoxy) is 1. The Labute approximate surface area is 121 Å². The Kier molecular flexibility index (Phi) is 3.31. The second-order valence-corrected chi connectivity index (χ2v) is 4.75. The predicted molar refractivity (Wildman–Crippen MR) is 76.9 cm³/mol. The summed E-state index contributed by atoms with van der Waals surface area (Å²) in [4.78, 5) is 24.2. The van der Waals surface area contributed by atoms with Crippen molar-refractivity contribution in [2.45, 2.75) is 6.54 Å². The van der Waals surface area contributed by atoms with Crippen LogP contribution in [0.25, 0.3) is 0 Å². The highest BCUT2D eigenvalue weighted by molar-refractivity contribution is 6.03. The molecule has 2 aromatic carbocycles. The van der Waals surface area contributed by atoms with E-state index < -0.39 is 6.09 Å². The van der Waals surface area contributed by atoms with Crippen LogP contribution >= 0.6 is 0 Å². The molecular weight excluding hydrogens is 270 g/mol. The summed E-state index contributed by atoms with van der Waals surface area (Å²) in [6, 6.07) is 14.2. The van der Waals surface area contributed by atoms with E-state index in [-0.39, 0.29) is 18.9 Å². The summed E-state index contributed by atoms with van der Waals surface area (Å²) in [6.07, 6.45) is -1.05. The van der Waals surface area contributed by atoms with E-state index in [1.165, 1.54) is 4.90 Å². The van der Waals surface area contributed by atoms with E-state index >= 15 is 0 Å². The fraction of sp³-hybridized carbons (Fsp3) is 0.125. The number of carboxylic acid groups (broad SMARTS) is 1. The summed E-state index contributed by atoms with van der Waals surface area (Å²) in [7, 11) is 0. The van der Waals surface area contributed by atoms with Gasteiger partial charge in [0.1, 0.15) is 5.75 Å². The smallest absolute Gasteiger partial charge is 0.412 e. The Balaban J connectivity index is 1.91. The number of fused-ring (bicyclic) bond motifs is 1. The summed E-state index contributed by atoms with van der Waals surface area (Å²) in [5.74, 6) is 0.360. The minimum absolute atomic E-state index is 0.0184. The second kappa shape index (κ2) is 5.28. The molecule has 0 radical (unpaired) electrons. The number of hydrogen-bond acceptors (Lipinski definition) is 3. The lowest BCUT2D eigenvalue weighted by atomic mass is 10.1. The number of nitrogens with zero attached hydrogens (tertiary/aromatic N) is 1. The number of anilines is 1. The van der Waals surface area contributed by atoms with E-state index in [4.69, 9.17) is 4.74 Å². The van der Waals surface area contributed by atoms with E-state index in [9.17, 15) is 14.7 Å². The normalized spacial score (nSPS) is 12.7. The van der Waals surface area contributed by atoms with Crippen LogP contribution < -0.4 is 9.64 Å². The van der Waals surface area contributed by atoms with Crippen LogP contribution in [0, 0.1) is 0 Å². The standard InChI is InChI=1S/C16H13NO4/c18-14-10-21-15-8-12(6-7-13(14)15)17(16(19)20)9-11-4-2-1-3-5-11/h1-8H,9-10H2,(H,19,20). The third-order valence-corrected chi connectivity index (χ3v) is 3.35. The van der Waals surface area contributed by atoms with Crippen LogP contribution in [0.1, 0.15) is 15.9 Å². The van der Waals surface area contributed by atoms with Gasteiger partial charge >= 0.3 is 6.09 Å².